The van der Waals surface area contributed by atoms with Crippen LogP contribution in [0.2, 0.25) is 0 Å². The topological polar surface area (TPSA) is 71.5 Å². The normalized spacial score (nSPS) is 10.3. The van der Waals surface area contributed by atoms with Gasteiger partial charge in [-0.3, -0.25) is 14.8 Å². The summed E-state index contributed by atoms with van der Waals surface area (Å²) < 4.78 is 0. The lowest BCUT2D eigenvalue weighted by Gasteiger charge is -1.99. The van der Waals surface area contributed by atoms with Crippen molar-refractivity contribution in [2.24, 2.45) is 0 Å². The molecule has 0 bridgehead atoms. The highest BCUT2D eigenvalue weighted by molar-refractivity contribution is 7.98. The Morgan fingerprint density at radius 3 is 3.00 bits per heavy atom. The quantitative estimate of drug-likeness (QED) is 0.807. The molecule has 2 rings (SSSR count). The number of thioether (sulfide) groups is 1. The first-order valence-corrected chi connectivity index (χ1v) is 5.69. The van der Waals surface area contributed by atoms with Crippen LogP contribution in [0.4, 0.5) is 0 Å². The summed E-state index contributed by atoms with van der Waals surface area (Å²) in [5.41, 5.74) is 1.27. The van der Waals surface area contributed by atoms with E-state index in [1.165, 1.54) is 11.8 Å². The molecule has 0 aliphatic carbocycles. The van der Waals surface area contributed by atoms with E-state index in [2.05, 4.69) is 20.2 Å². The second kappa shape index (κ2) is 4.89. The second-order valence-electron chi connectivity index (χ2n) is 3.19. The Morgan fingerprint density at radius 1 is 1.44 bits per heavy atom. The average molecular weight is 234 g/mol. The number of hydrogen-bond donors (Lipinski definition) is 1. The summed E-state index contributed by atoms with van der Waals surface area (Å²) in [5, 5.41) is 8.18. The molecule has 6 heteroatoms. The maximum absolute atomic E-state index is 11.3. The molecule has 0 spiro atoms. The fourth-order valence-corrected chi connectivity index (χ4v) is 1.82. The van der Waals surface area contributed by atoms with Gasteiger partial charge in [0.05, 0.1) is 0 Å². The summed E-state index contributed by atoms with van der Waals surface area (Å²) in [5.74, 6) is 0.710. The summed E-state index contributed by atoms with van der Waals surface area (Å²) in [6, 6.07) is 3.85. The van der Waals surface area contributed by atoms with Gasteiger partial charge in [-0.2, -0.15) is 0 Å². The summed E-state index contributed by atoms with van der Waals surface area (Å²) in [6.07, 6.45) is 3.51. The first-order valence-electron chi connectivity index (χ1n) is 4.71. The maximum Gasteiger partial charge on any atom is 0.273 e. The van der Waals surface area contributed by atoms with E-state index in [4.69, 9.17) is 0 Å². The zero-order valence-electron chi connectivity index (χ0n) is 8.67. The van der Waals surface area contributed by atoms with Gasteiger partial charge in [-0.25, -0.2) is 0 Å². The smallest absolute Gasteiger partial charge is 0.273 e. The van der Waals surface area contributed by atoms with E-state index in [1.807, 2.05) is 12.1 Å². The minimum absolute atomic E-state index is 0.191. The van der Waals surface area contributed by atoms with Crippen LogP contribution in [0.15, 0.2) is 34.5 Å². The van der Waals surface area contributed by atoms with Crippen LogP contribution in [-0.4, -0.2) is 20.2 Å². The number of hydrogen-bond acceptors (Lipinski definition) is 5. The number of aromatic amines is 1. The van der Waals surface area contributed by atoms with E-state index in [0.717, 1.165) is 5.56 Å². The van der Waals surface area contributed by atoms with Crippen LogP contribution < -0.4 is 5.56 Å². The van der Waals surface area contributed by atoms with Crippen molar-refractivity contribution in [3.05, 3.63) is 46.1 Å². The van der Waals surface area contributed by atoms with Crippen molar-refractivity contribution >= 4 is 11.8 Å². The zero-order valence-corrected chi connectivity index (χ0v) is 9.49. The third-order valence-corrected chi connectivity index (χ3v) is 2.87. The predicted octanol–water partition coefficient (Wildman–Crippen LogP) is 1.16. The fraction of sp³-hybridized carbons (Fsp3) is 0.200. The SMILES string of the molecule is Cc1nnc(SCc2cccnc2)[nH]c1=O. The molecule has 0 saturated carbocycles. The highest BCUT2D eigenvalue weighted by Crippen LogP contribution is 2.16. The number of aryl methyl sites for hydroxylation is 1. The third-order valence-electron chi connectivity index (χ3n) is 1.94. The second-order valence-corrected chi connectivity index (χ2v) is 4.16. The standard InChI is InChI=1S/C10H10N4OS/c1-7-9(15)12-10(14-13-7)16-6-8-3-2-4-11-5-8/h2-5H,6H2,1H3,(H,12,14,15). The van der Waals surface area contributed by atoms with E-state index in [-0.39, 0.29) is 5.56 Å². The number of nitrogens with one attached hydrogen (secondary N) is 1. The van der Waals surface area contributed by atoms with Crippen molar-refractivity contribution in [1.29, 1.82) is 0 Å². The average Bonchev–Trinajstić information content (AvgIpc) is 2.32. The van der Waals surface area contributed by atoms with Gasteiger partial charge in [0.15, 0.2) is 5.16 Å². The number of nitrogens with zero attached hydrogens (tertiary/aromatic N) is 3. The molecule has 82 valence electrons. The van der Waals surface area contributed by atoms with Crippen molar-refractivity contribution in [2.45, 2.75) is 17.8 Å². The molecular formula is C10H10N4OS. The van der Waals surface area contributed by atoms with Crippen LogP contribution in [0, 0.1) is 6.92 Å². The molecular weight excluding hydrogens is 224 g/mol. The molecule has 0 atom stereocenters. The van der Waals surface area contributed by atoms with Gasteiger partial charge >= 0.3 is 0 Å². The molecule has 5 nitrogen and oxygen atoms in total. The molecule has 2 aromatic heterocycles. The summed E-state index contributed by atoms with van der Waals surface area (Å²) in [4.78, 5) is 17.9. The Balaban J connectivity index is 2.05. The summed E-state index contributed by atoms with van der Waals surface area (Å²) in [7, 11) is 0. The molecule has 0 radical (unpaired) electrons. The molecule has 0 fully saturated rings. The van der Waals surface area contributed by atoms with Gasteiger partial charge in [0, 0.05) is 18.1 Å². The van der Waals surface area contributed by atoms with Crippen molar-refractivity contribution in [2.75, 3.05) is 0 Å². The minimum Gasteiger partial charge on any atom is -0.298 e. The third kappa shape index (κ3) is 2.66. The molecule has 0 aliphatic heterocycles. The van der Waals surface area contributed by atoms with Gasteiger partial charge in [0.25, 0.3) is 5.56 Å². The molecule has 1 N–H and O–H groups in total. The fourth-order valence-electron chi connectivity index (χ4n) is 1.08. The van der Waals surface area contributed by atoms with Crippen LogP contribution >= 0.6 is 11.8 Å². The Morgan fingerprint density at radius 2 is 2.31 bits per heavy atom. The van der Waals surface area contributed by atoms with E-state index in [9.17, 15) is 4.79 Å². The first kappa shape index (κ1) is 10.8. The van der Waals surface area contributed by atoms with Crippen molar-refractivity contribution in [1.82, 2.24) is 20.2 Å². The van der Waals surface area contributed by atoms with Crippen LogP contribution in [0.5, 0.6) is 0 Å². The number of aromatic nitrogens is 4. The highest BCUT2D eigenvalue weighted by Gasteiger charge is 2.01. The van der Waals surface area contributed by atoms with Gasteiger partial charge in [-0.05, 0) is 18.6 Å². The lowest BCUT2D eigenvalue weighted by molar-refractivity contribution is 0.789. The van der Waals surface area contributed by atoms with Crippen molar-refractivity contribution in [3.8, 4) is 0 Å². The Labute approximate surface area is 96.4 Å². The lowest BCUT2D eigenvalue weighted by atomic mass is 10.3. The minimum atomic E-state index is -0.191. The zero-order chi connectivity index (χ0) is 11.4. The molecule has 0 aromatic carbocycles. The monoisotopic (exact) mass is 234 g/mol. The Hall–Kier alpha value is -1.69. The number of pyridine rings is 1. The molecule has 0 aliphatic rings. The Bertz CT molecular complexity index is 526. The van der Waals surface area contributed by atoms with Gasteiger partial charge in [0.1, 0.15) is 5.69 Å². The van der Waals surface area contributed by atoms with Gasteiger partial charge in [-0.15, -0.1) is 10.2 Å². The number of rotatable bonds is 3. The van der Waals surface area contributed by atoms with Gasteiger partial charge in [0.2, 0.25) is 0 Å². The lowest BCUT2D eigenvalue weighted by Crippen LogP contribution is -2.14. The van der Waals surface area contributed by atoms with E-state index in [1.54, 1.807) is 19.3 Å². The van der Waals surface area contributed by atoms with Gasteiger partial charge in [-0.1, -0.05) is 17.8 Å². The van der Waals surface area contributed by atoms with Crippen LogP contribution in [0.1, 0.15) is 11.3 Å². The molecule has 2 heterocycles. The van der Waals surface area contributed by atoms with Crippen molar-refractivity contribution in [3.63, 3.8) is 0 Å². The van der Waals surface area contributed by atoms with E-state index < -0.39 is 0 Å². The highest BCUT2D eigenvalue weighted by atomic mass is 32.2. The largest absolute Gasteiger partial charge is 0.298 e. The van der Waals surface area contributed by atoms with Crippen LogP contribution in [-0.2, 0) is 5.75 Å². The maximum atomic E-state index is 11.3. The van der Waals surface area contributed by atoms with E-state index in [0.29, 0.717) is 16.6 Å². The molecule has 0 unspecified atom stereocenters. The first-order chi connectivity index (χ1) is 7.75. The predicted molar refractivity (Wildman–Crippen MR) is 61.2 cm³/mol. The molecule has 16 heavy (non-hydrogen) atoms. The van der Waals surface area contributed by atoms with Gasteiger partial charge < -0.3 is 0 Å². The molecule has 2 aromatic rings. The van der Waals surface area contributed by atoms with Crippen molar-refractivity contribution < 1.29 is 0 Å². The molecule has 0 saturated heterocycles. The summed E-state index contributed by atoms with van der Waals surface area (Å²) in [6.45, 7) is 1.63. The van der Waals surface area contributed by atoms with Crippen LogP contribution in [0.25, 0.3) is 0 Å². The van der Waals surface area contributed by atoms with E-state index >= 15 is 0 Å². The summed E-state index contributed by atoms with van der Waals surface area (Å²) >= 11 is 1.43. The van der Waals surface area contributed by atoms with Crippen LogP contribution in [0.3, 0.4) is 0 Å². The Kier molecular flexibility index (Phi) is 3.31. The molecule has 0 amide bonds. The number of H-pyrrole nitrogens is 1.